The van der Waals surface area contributed by atoms with E-state index in [1.165, 1.54) is 19.3 Å². The van der Waals surface area contributed by atoms with E-state index in [0.717, 1.165) is 24.3 Å². The molecule has 1 aromatic carbocycles. The number of hydrogen-bond donors (Lipinski definition) is 1. The predicted molar refractivity (Wildman–Crippen MR) is 109 cm³/mol. The van der Waals surface area contributed by atoms with Crippen molar-refractivity contribution in [3.8, 4) is 11.5 Å². The summed E-state index contributed by atoms with van der Waals surface area (Å²) in [5, 5.41) is 11.3. The van der Waals surface area contributed by atoms with Crippen LogP contribution in [0.15, 0.2) is 30.3 Å². The minimum Gasteiger partial charge on any atom is -0.493 e. The molecule has 0 spiro atoms. The molecule has 1 N–H and O–H groups in total. The topological polar surface area (TPSA) is 76.6 Å². The summed E-state index contributed by atoms with van der Waals surface area (Å²) < 4.78 is 10.5. The van der Waals surface area contributed by atoms with Crippen LogP contribution >= 0.6 is 0 Å². The predicted octanol–water partition coefficient (Wildman–Crippen LogP) is 3.44. The van der Waals surface area contributed by atoms with Gasteiger partial charge in [-0.25, -0.2) is 0 Å². The Morgan fingerprint density at radius 3 is 2.64 bits per heavy atom. The second-order valence-electron chi connectivity index (χ2n) is 6.94. The van der Waals surface area contributed by atoms with Crippen molar-refractivity contribution in [1.82, 2.24) is 10.2 Å². The quantitative estimate of drug-likeness (QED) is 0.788. The third kappa shape index (κ3) is 4.71. The van der Waals surface area contributed by atoms with Crippen LogP contribution in [0.3, 0.4) is 0 Å². The van der Waals surface area contributed by atoms with Crippen LogP contribution in [0.1, 0.15) is 38.2 Å². The molecule has 7 nitrogen and oxygen atoms in total. The number of piperidine rings is 1. The lowest BCUT2D eigenvalue weighted by atomic mass is 10.0. The minimum atomic E-state index is -0.154. The highest BCUT2D eigenvalue weighted by molar-refractivity contribution is 5.91. The largest absolute Gasteiger partial charge is 0.493 e. The van der Waals surface area contributed by atoms with Crippen molar-refractivity contribution in [1.29, 1.82) is 0 Å². The van der Waals surface area contributed by atoms with Gasteiger partial charge in [-0.1, -0.05) is 13.0 Å². The number of benzene rings is 1. The molecular formula is C21H28N4O3. The third-order valence-corrected chi connectivity index (χ3v) is 5.12. The van der Waals surface area contributed by atoms with E-state index in [0.29, 0.717) is 23.4 Å². The molecule has 28 heavy (non-hydrogen) atoms. The van der Waals surface area contributed by atoms with Gasteiger partial charge < -0.3 is 19.7 Å². The molecule has 1 aliphatic rings. The Kier molecular flexibility index (Phi) is 6.68. The van der Waals surface area contributed by atoms with E-state index in [1.807, 2.05) is 18.2 Å². The Hall–Kier alpha value is -2.83. The Bertz CT molecular complexity index is 795. The number of nitrogens with zero attached hydrogens (tertiary/aromatic N) is 3. The third-order valence-electron chi connectivity index (χ3n) is 5.12. The fourth-order valence-electron chi connectivity index (χ4n) is 3.63. The maximum atomic E-state index is 12.4. The number of amides is 1. The van der Waals surface area contributed by atoms with Crippen LogP contribution in [0.25, 0.3) is 0 Å². The molecule has 150 valence electrons. The van der Waals surface area contributed by atoms with Gasteiger partial charge in [-0.05, 0) is 55.5 Å². The molecule has 1 aliphatic heterocycles. The first-order valence-corrected chi connectivity index (χ1v) is 9.75. The van der Waals surface area contributed by atoms with E-state index in [2.05, 4.69) is 27.3 Å². The zero-order chi connectivity index (χ0) is 19.9. The molecule has 0 radical (unpaired) electrons. The summed E-state index contributed by atoms with van der Waals surface area (Å²) in [4.78, 5) is 14.7. The smallest absolute Gasteiger partial charge is 0.229 e. The zero-order valence-corrected chi connectivity index (χ0v) is 16.8. The van der Waals surface area contributed by atoms with Crippen molar-refractivity contribution in [2.24, 2.45) is 0 Å². The molecule has 1 fully saturated rings. The number of methoxy groups -OCH3 is 2. The number of carbonyl (C=O) groups excluding carboxylic acids is 1. The van der Waals surface area contributed by atoms with Gasteiger partial charge in [0.1, 0.15) is 0 Å². The van der Waals surface area contributed by atoms with E-state index in [4.69, 9.17) is 9.47 Å². The summed E-state index contributed by atoms with van der Waals surface area (Å²) in [6, 6.07) is 9.71. The lowest BCUT2D eigenvalue weighted by Gasteiger charge is -2.35. The Balaban J connectivity index is 1.61. The molecule has 1 atom stereocenters. The van der Waals surface area contributed by atoms with Gasteiger partial charge in [-0.3, -0.25) is 4.79 Å². The number of nitrogens with one attached hydrogen (secondary N) is 1. The van der Waals surface area contributed by atoms with E-state index >= 15 is 0 Å². The average Bonchev–Trinajstić information content (AvgIpc) is 2.74. The molecule has 1 aromatic heterocycles. The zero-order valence-electron chi connectivity index (χ0n) is 16.8. The maximum absolute atomic E-state index is 12.4. The summed E-state index contributed by atoms with van der Waals surface area (Å²) in [7, 11) is 3.16. The number of carbonyl (C=O) groups is 1. The monoisotopic (exact) mass is 384 g/mol. The van der Waals surface area contributed by atoms with Gasteiger partial charge >= 0.3 is 0 Å². The second kappa shape index (κ2) is 9.39. The van der Waals surface area contributed by atoms with Crippen molar-refractivity contribution in [3.63, 3.8) is 0 Å². The van der Waals surface area contributed by atoms with Crippen molar-refractivity contribution in [3.05, 3.63) is 35.9 Å². The van der Waals surface area contributed by atoms with Crippen molar-refractivity contribution < 1.29 is 14.3 Å². The second-order valence-corrected chi connectivity index (χ2v) is 6.94. The first-order valence-electron chi connectivity index (χ1n) is 9.75. The lowest BCUT2D eigenvalue weighted by molar-refractivity contribution is -0.115. The maximum Gasteiger partial charge on any atom is 0.229 e. The number of hydrogen-bond acceptors (Lipinski definition) is 6. The number of ether oxygens (including phenoxy) is 2. The summed E-state index contributed by atoms with van der Waals surface area (Å²) in [6.45, 7) is 3.22. The van der Waals surface area contributed by atoms with Crippen molar-refractivity contribution in [2.75, 3.05) is 31.0 Å². The highest BCUT2D eigenvalue weighted by atomic mass is 16.5. The van der Waals surface area contributed by atoms with Gasteiger partial charge in [0.05, 0.1) is 20.6 Å². The molecule has 1 saturated heterocycles. The molecule has 1 unspecified atom stereocenters. The Morgan fingerprint density at radius 2 is 1.96 bits per heavy atom. The normalized spacial score (nSPS) is 16.5. The standard InChI is InChI=1S/C21H28N4O3/c1-4-16-7-5-6-12-25(16)20-11-10-19(23-24-20)22-21(26)14-15-8-9-17(27-2)18(13-15)28-3/h8-11,13,16H,4-7,12,14H2,1-3H3,(H,22,23,26). The van der Waals surface area contributed by atoms with Crippen LogP contribution in [0.4, 0.5) is 11.6 Å². The summed E-state index contributed by atoms with van der Waals surface area (Å²) >= 11 is 0. The average molecular weight is 384 g/mol. The van der Waals surface area contributed by atoms with Gasteiger partial charge in [-0.15, -0.1) is 10.2 Å². The van der Waals surface area contributed by atoms with Crippen LogP contribution in [0.2, 0.25) is 0 Å². The first-order chi connectivity index (χ1) is 13.6. The Labute approximate surface area is 166 Å². The minimum absolute atomic E-state index is 0.154. The molecule has 3 rings (SSSR count). The first kappa shape index (κ1) is 19.9. The molecular weight excluding hydrogens is 356 g/mol. The lowest BCUT2D eigenvalue weighted by Crippen LogP contribution is -2.39. The number of aromatic nitrogens is 2. The molecule has 0 bridgehead atoms. The summed E-state index contributed by atoms with van der Waals surface area (Å²) in [6.07, 6.45) is 4.97. The van der Waals surface area contributed by atoms with Gasteiger partial charge in [0.15, 0.2) is 23.1 Å². The molecule has 0 saturated carbocycles. The van der Waals surface area contributed by atoms with E-state index in [-0.39, 0.29) is 12.3 Å². The van der Waals surface area contributed by atoms with E-state index in [9.17, 15) is 4.79 Å². The highest BCUT2D eigenvalue weighted by Gasteiger charge is 2.22. The summed E-state index contributed by atoms with van der Waals surface area (Å²) in [5.41, 5.74) is 0.832. The van der Waals surface area contributed by atoms with Crippen LogP contribution in [0, 0.1) is 0 Å². The molecule has 7 heteroatoms. The van der Waals surface area contributed by atoms with Crippen molar-refractivity contribution in [2.45, 2.75) is 45.1 Å². The number of anilines is 2. The Morgan fingerprint density at radius 1 is 1.14 bits per heavy atom. The van der Waals surface area contributed by atoms with Gasteiger partial charge in [-0.2, -0.15) is 0 Å². The van der Waals surface area contributed by atoms with E-state index < -0.39 is 0 Å². The van der Waals surface area contributed by atoms with E-state index in [1.54, 1.807) is 26.4 Å². The van der Waals surface area contributed by atoms with Crippen LogP contribution in [0.5, 0.6) is 11.5 Å². The van der Waals surface area contributed by atoms with Crippen LogP contribution in [-0.4, -0.2) is 42.9 Å². The molecule has 2 aromatic rings. The molecule has 1 amide bonds. The fourth-order valence-corrected chi connectivity index (χ4v) is 3.63. The van der Waals surface area contributed by atoms with Crippen LogP contribution < -0.4 is 19.7 Å². The fraction of sp³-hybridized carbons (Fsp3) is 0.476. The van der Waals surface area contributed by atoms with Gasteiger partial charge in [0.25, 0.3) is 0 Å². The summed E-state index contributed by atoms with van der Waals surface area (Å²) in [5.74, 6) is 2.42. The number of rotatable bonds is 7. The van der Waals surface area contributed by atoms with Gasteiger partial charge in [0, 0.05) is 12.6 Å². The molecule has 2 heterocycles. The SMILES string of the molecule is CCC1CCCCN1c1ccc(NC(=O)Cc2ccc(OC)c(OC)c2)nn1. The highest BCUT2D eigenvalue weighted by Crippen LogP contribution is 2.28. The molecule has 0 aliphatic carbocycles. The van der Waals surface area contributed by atoms with Crippen molar-refractivity contribution >= 4 is 17.5 Å². The van der Waals surface area contributed by atoms with Crippen LogP contribution in [-0.2, 0) is 11.2 Å². The van der Waals surface area contributed by atoms with Gasteiger partial charge in [0.2, 0.25) is 5.91 Å².